The second-order valence-electron chi connectivity index (χ2n) is 14.7. The van der Waals surface area contributed by atoms with Gasteiger partial charge in [-0.1, -0.05) is 55.0 Å². The Morgan fingerprint density at radius 3 is 0.908 bits per heavy atom. The zero-order valence-corrected chi connectivity index (χ0v) is 35.4. The van der Waals surface area contributed by atoms with Crippen molar-refractivity contribution in [2.24, 2.45) is 0 Å². The lowest BCUT2D eigenvalue weighted by molar-refractivity contribution is -0.134. The van der Waals surface area contributed by atoms with Crippen molar-refractivity contribution >= 4 is 47.8 Å². The van der Waals surface area contributed by atoms with E-state index >= 15 is 0 Å². The van der Waals surface area contributed by atoms with E-state index in [-0.39, 0.29) is 11.2 Å². The Morgan fingerprint density at radius 1 is 0.415 bits per heavy atom. The number of likely N-dealkylation sites (tertiary alicyclic amines) is 2. The van der Waals surface area contributed by atoms with Crippen LogP contribution in [0.15, 0.2) is 97.1 Å². The molecule has 0 unspecified atom stereocenters. The fourth-order valence-electron chi connectivity index (χ4n) is 7.29. The van der Waals surface area contributed by atoms with Crippen LogP contribution in [0.2, 0.25) is 0 Å². The van der Waals surface area contributed by atoms with Gasteiger partial charge in [0.1, 0.15) is 0 Å². The predicted molar refractivity (Wildman–Crippen MR) is 229 cm³/mol. The van der Waals surface area contributed by atoms with Crippen molar-refractivity contribution in [3.63, 3.8) is 0 Å². The Bertz CT molecular complexity index is 1800. The Kier molecular flexibility index (Phi) is 23.3. The number of hydrogen-bond acceptors (Lipinski definition) is 12. The van der Waals surface area contributed by atoms with Gasteiger partial charge in [-0.3, -0.25) is 0 Å². The number of carbonyl (C=O) groups is 8. The second-order valence-corrected chi connectivity index (χ2v) is 14.7. The summed E-state index contributed by atoms with van der Waals surface area (Å²) in [6.45, 7) is 8.76. The van der Waals surface area contributed by atoms with Gasteiger partial charge >= 0.3 is 47.8 Å². The molecule has 0 amide bonds. The summed E-state index contributed by atoms with van der Waals surface area (Å²) in [7, 11) is 0. The highest BCUT2D eigenvalue weighted by Crippen LogP contribution is 2.45. The molecule has 20 heteroatoms. The molecule has 2 aromatic rings. The molecule has 0 aromatic heterocycles. The third kappa shape index (κ3) is 20.8. The van der Waals surface area contributed by atoms with Crippen molar-refractivity contribution in [1.82, 2.24) is 9.80 Å². The molecule has 2 saturated heterocycles. The van der Waals surface area contributed by atoms with E-state index in [0.29, 0.717) is 48.6 Å². The van der Waals surface area contributed by atoms with Gasteiger partial charge in [-0.2, -0.15) is 0 Å². The first-order chi connectivity index (χ1) is 30.8. The largest absolute Gasteiger partial charge is 0.478 e. The molecule has 20 nitrogen and oxygen atoms in total. The van der Waals surface area contributed by atoms with Crippen LogP contribution in [0.5, 0.6) is 0 Å². The summed E-state index contributed by atoms with van der Waals surface area (Å²) in [5.74, 6) is -10.1. The fourth-order valence-corrected chi connectivity index (χ4v) is 7.29. The average Bonchev–Trinajstić information content (AvgIpc) is 3.80. The lowest BCUT2D eigenvalue weighted by Gasteiger charge is -2.39. The molecule has 2 aromatic carbocycles. The number of carboxylic acids is 8. The summed E-state index contributed by atoms with van der Waals surface area (Å²) in [6.07, 6.45) is 13.0. The standard InChI is InChI=1S/C29H38N2O2.4C4H4O4/c1(6-16-30-18-12-28(13-19-30)26-10-4-2-8-24(26)22-32-28)7-17-31-20-14-29(15-21-31)27-11-5-3-9-25(27)23-33-29;4*5-3(6)1-2-4(7)8/h2-5,8-11H,1,6-7,12-23H2;4*1-2H,(H,5,6)(H,7,8)/b;4*2-1+. The van der Waals surface area contributed by atoms with E-state index < -0.39 is 47.8 Å². The molecule has 0 radical (unpaired) electrons. The number of carboxylic acid groups (broad SMARTS) is 8. The molecular formula is C45H54N2O18. The van der Waals surface area contributed by atoms with Crippen LogP contribution >= 0.6 is 0 Å². The molecule has 0 saturated carbocycles. The lowest BCUT2D eigenvalue weighted by atomic mass is 9.83. The molecule has 352 valence electrons. The summed E-state index contributed by atoms with van der Waals surface area (Å²) in [4.78, 5) is 81.8. The van der Waals surface area contributed by atoms with Crippen molar-refractivity contribution in [1.29, 1.82) is 0 Å². The van der Waals surface area contributed by atoms with E-state index in [2.05, 4.69) is 58.3 Å². The maximum atomic E-state index is 9.55. The van der Waals surface area contributed by atoms with E-state index in [1.54, 1.807) is 0 Å². The zero-order valence-electron chi connectivity index (χ0n) is 35.4. The molecule has 0 atom stereocenters. The number of nitrogens with zero attached hydrogens (tertiary/aromatic N) is 2. The molecule has 8 N–H and O–H groups in total. The van der Waals surface area contributed by atoms with Gasteiger partial charge in [-0.25, -0.2) is 38.4 Å². The summed E-state index contributed by atoms with van der Waals surface area (Å²) in [5.41, 5.74) is 5.72. The van der Waals surface area contributed by atoms with Gasteiger partial charge in [0.05, 0.1) is 24.4 Å². The number of fused-ring (bicyclic) bond motifs is 4. The van der Waals surface area contributed by atoms with Crippen LogP contribution in [-0.4, -0.2) is 138 Å². The van der Waals surface area contributed by atoms with Gasteiger partial charge in [0.25, 0.3) is 0 Å². The molecule has 6 rings (SSSR count). The number of benzene rings is 2. The summed E-state index contributed by atoms with van der Waals surface area (Å²) >= 11 is 0. The van der Waals surface area contributed by atoms with E-state index in [1.165, 1.54) is 80.8 Å². The average molecular weight is 911 g/mol. The van der Waals surface area contributed by atoms with Crippen molar-refractivity contribution in [3.05, 3.63) is 119 Å². The second kappa shape index (κ2) is 27.9. The van der Waals surface area contributed by atoms with Gasteiger partial charge in [0.2, 0.25) is 0 Å². The molecule has 4 heterocycles. The predicted octanol–water partition coefficient (Wildman–Crippen LogP) is 4.05. The minimum absolute atomic E-state index is 0.00225. The van der Waals surface area contributed by atoms with Crippen LogP contribution < -0.4 is 0 Å². The third-order valence-corrected chi connectivity index (χ3v) is 10.3. The molecular weight excluding hydrogens is 856 g/mol. The highest BCUT2D eigenvalue weighted by atomic mass is 16.5. The molecule has 65 heavy (non-hydrogen) atoms. The minimum Gasteiger partial charge on any atom is -0.478 e. The summed E-state index contributed by atoms with van der Waals surface area (Å²) in [5, 5.41) is 62.5. The molecule has 2 fully saturated rings. The van der Waals surface area contributed by atoms with Crippen LogP contribution in [0.3, 0.4) is 0 Å². The van der Waals surface area contributed by atoms with Gasteiger partial charge in [0, 0.05) is 74.8 Å². The molecule has 0 aliphatic carbocycles. The van der Waals surface area contributed by atoms with Crippen molar-refractivity contribution < 1.29 is 88.7 Å². The summed E-state index contributed by atoms with van der Waals surface area (Å²) < 4.78 is 12.6. The van der Waals surface area contributed by atoms with Gasteiger partial charge < -0.3 is 60.1 Å². The molecule has 2 spiro atoms. The number of rotatable bonds is 14. The maximum Gasteiger partial charge on any atom is 0.328 e. The summed E-state index contributed by atoms with van der Waals surface area (Å²) in [6, 6.07) is 17.7. The Morgan fingerprint density at radius 2 is 0.662 bits per heavy atom. The lowest BCUT2D eigenvalue weighted by Crippen LogP contribution is -2.43. The number of ether oxygens (including phenoxy) is 2. The van der Waals surface area contributed by atoms with E-state index in [4.69, 9.17) is 50.3 Å². The van der Waals surface area contributed by atoms with Crippen LogP contribution in [-0.2, 0) is 72.2 Å². The number of unbranched alkanes of at least 4 members (excludes halogenated alkanes) is 2. The van der Waals surface area contributed by atoms with Gasteiger partial charge in [0.15, 0.2) is 0 Å². The molecule has 4 aliphatic rings. The SMILES string of the molecule is O=C(O)/C=C/C(=O)O.O=C(O)/C=C/C(=O)O.O=C(O)/C=C/C(=O)O.O=C(O)/C=C/C(=O)O.c1ccc2c(c1)COC21CCN(CCCCCN2CCC3(CC2)OCc2ccccc23)CC1. The van der Waals surface area contributed by atoms with E-state index in [1.807, 2.05) is 0 Å². The van der Waals surface area contributed by atoms with Crippen LogP contribution in [0.4, 0.5) is 0 Å². The van der Waals surface area contributed by atoms with Crippen molar-refractivity contribution in [2.75, 3.05) is 39.3 Å². The first-order valence-electron chi connectivity index (χ1n) is 20.2. The van der Waals surface area contributed by atoms with Gasteiger partial charge in [-0.15, -0.1) is 0 Å². The quantitative estimate of drug-likeness (QED) is 0.0979. The first kappa shape index (κ1) is 54.1. The minimum atomic E-state index is -1.26. The van der Waals surface area contributed by atoms with Gasteiger partial charge in [-0.05, 0) is 73.9 Å². The highest BCUT2D eigenvalue weighted by Gasteiger charge is 2.43. The number of hydrogen-bond donors (Lipinski definition) is 8. The fraction of sp³-hybridized carbons (Fsp3) is 0.378. The maximum absolute atomic E-state index is 9.55. The Balaban J connectivity index is 0.000000369. The van der Waals surface area contributed by atoms with Crippen LogP contribution in [0.25, 0.3) is 0 Å². The first-order valence-corrected chi connectivity index (χ1v) is 20.2. The number of piperidine rings is 2. The Labute approximate surface area is 373 Å². The molecule has 4 aliphatic heterocycles. The smallest absolute Gasteiger partial charge is 0.328 e. The van der Waals surface area contributed by atoms with Crippen LogP contribution in [0, 0.1) is 0 Å². The Hall–Kier alpha value is -7.00. The van der Waals surface area contributed by atoms with Crippen molar-refractivity contribution in [3.8, 4) is 0 Å². The molecule has 0 bridgehead atoms. The zero-order chi connectivity index (χ0) is 48.4. The number of aliphatic carboxylic acids is 8. The highest BCUT2D eigenvalue weighted by molar-refractivity contribution is 5.91. The normalized spacial score (nSPS) is 16.7. The van der Waals surface area contributed by atoms with E-state index in [9.17, 15) is 38.4 Å². The van der Waals surface area contributed by atoms with Crippen LogP contribution in [0.1, 0.15) is 67.2 Å². The third-order valence-electron chi connectivity index (χ3n) is 10.3. The monoisotopic (exact) mass is 910 g/mol. The van der Waals surface area contributed by atoms with Crippen molar-refractivity contribution in [2.45, 2.75) is 69.4 Å². The van der Waals surface area contributed by atoms with E-state index in [0.717, 1.165) is 38.9 Å². The topological polar surface area (TPSA) is 323 Å².